The third kappa shape index (κ3) is 8.20. The molecule has 21 rings (SSSR count). The van der Waals surface area contributed by atoms with Gasteiger partial charge in [-0.2, -0.15) is 0 Å². The second-order valence-corrected chi connectivity index (χ2v) is 29.0. The van der Waals surface area contributed by atoms with E-state index in [1.165, 1.54) is 24.3 Å². The van der Waals surface area contributed by atoms with Gasteiger partial charge < -0.3 is 61.3 Å². The number of rotatable bonds is 6. The topological polar surface area (TPSA) is 243 Å². The van der Waals surface area contributed by atoms with Gasteiger partial charge in [0, 0.05) is 66.8 Å². The predicted molar refractivity (Wildman–Crippen MR) is 422 cm³/mol. The zero-order valence-corrected chi connectivity index (χ0v) is 57.1. The van der Waals surface area contributed by atoms with Crippen LogP contribution >= 0.6 is 0 Å². The van der Waals surface area contributed by atoms with E-state index in [-0.39, 0.29) is 56.4 Å². The van der Waals surface area contributed by atoms with Gasteiger partial charge >= 0.3 is 0 Å². The molecule has 0 spiro atoms. The Bertz CT molecular complexity index is 6560. The van der Waals surface area contributed by atoms with Gasteiger partial charge in [-0.1, -0.05) is 218 Å². The number of hydrogen-bond acceptors (Lipinski definition) is 12. The summed E-state index contributed by atoms with van der Waals surface area (Å²) >= 11 is 0. The molecule has 0 unspecified atom stereocenters. The summed E-state index contributed by atoms with van der Waals surface area (Å²) in [6.07, 6.45) is 0. The van der Waals surface area contributed by atoms with Crippen LogP contribution in [0.25, 0.3) is 131 Å². The van der Waals surface area contributed by atoms with Gasteiger partial charge in [-0.05, 0) is 203 Å². The van der Waals surface area contributed by atoms with E-state index in [0.717, 1.165) is 76.8 Å². The molecule has 516 valence electrons. The van der Waals surface area contributed by atoms with Gasteiger partial charge in [0.1, 0.15) is 45.4 Å². The largest absolute Gasteiger partial charge is 0.507 e. The van der Waals surface area contributed by atoms with Crippen LogP contribution in [0, 0.1) is 0 Å². The average Bonchev–Trinajstić information content (AvgIpc) is 0.980. The lowest BCUT2D eigenvalue weighted by molar-refractivity contribution is 0.0738. The summed E-state index contributed by atoms with van der Waals surface area (Å²) in [5.74, 6) is -2.76. The van der Waals surface area contributed by atoms with Crippen molar-refractivity contribution in [3.8, 4) is 90.5 Å². The highest BCUT2D eigenvalue weighted by Crippen LogP contribution is 2.60. The molecule has 0 heterocycles. The van der Waals surface area contributed by atoms with E-state index in [4.69, 9.17) is 0 Å². The standard InChI is InChI=1S/C96H60O12/c97-81-37-33-61-57-29-21-53(93(105)73-13-5-1-9-65(73)66-10-2-6-14-74(66)93)41-49(57)17-25-69(61)89(81)91-71-27-19-51-43-55(23-31-59(51)63(71)35-39-83(91)99)95(107)77-45-85(101)87(103)47-79(77)96(108,80-48-88(104)86(102)46-78(80)95)56-24-32-60-52(44-56)20-28-72-64(60)36-40-84(100)92(72)90-70-26-18-50-42-54(22-30-58(50)62(70)34-38-82(90)98)94(106)75-15-7-3-11-67(75)68-12-4-8-16-76(68)94/h1-48,97-108H. The zero-order chi connectivity index (χ0) is 73.3. The van der Waals surface area contributed by atoms with Crippen molar-refractivity contribution in [3.05, 3.63) is 358 Å². The third-order valence-electron chi connectivity index (χ3n) is 23.8. The van der Waals surface area contributed by atoms with E-state index < -0.39 is 45.4 Å². The highest BCUT2D eigenvalue weighted by Gasteiger charge is 2.53. The van der Waals surface area contributed by atoms with E-state index in [0.29, 0.717) is 87.2 Å². The highest BCUT2D eigenvalue weighted by atomic mass is 16.3. The Labute approximate surface area is 614 Å². The number of phenolic OH excluding ortho intramolecular Hbond substituents is 8. The van der Waals surface area contributed by atoms with E-state index in [1.807, 2.05) is 194 Å². The molecular formula is C96H60O12. The minimum atomic E-state index is -2.33. The van der Waals surface area contributed by atoms with Crippen LogP contribution in [0.3, 0.4) is 0 Å². The maximum atomic E-state index is 13.9. The van der Waals surface area contributed by atoms with Gasteiger partial charge in [-0.15, -0.1) is 0 Å². The molecule has 0 aromatic heterocycles. The molecule has 0 atom stereocenters. The fourth-order valence-corrected chi connectivity index (χ4v) is 18.8. The Balaban J connectivity index is 0.658. The first-order chi connectivity index (χ1) is 52.3. The normalized spacial score (nSPS) is 16.5. The molecule has 108 heavy (non-hydrogen) atoms. The van der Waals surface area contributed by atoms with Crippen molar-refractivity contribution in [1.29, 1.82) is 0 Å². The lowest BCUT2D eigenvalue weighted by Gasteiger charge is -2.45. The number of fused-ring (bicyclic) bond motifs is 20. The Kier molecular flexibility index (Phi) is 12.8. The van der Waals surface area contributed by atoms with Crippen molar-refractivity contribution < 1.29 is 61.3 Å². The lowest BCUT2D eigenvalue weighted by Crippen LogP contribution is -2.44. The molecule has 12 nitrogen and oxygen atoms in total. The summed E-state index contributed by atoms with van der Waals surface area (Å²) in [5.41, 5.74) is 2.77. The summed E-state index contributed by atoms with van der Waals surface area (Å²) < 4.78 is 0. The van der Waals surface area contributed by atoms with Crippen molar-refractivity contribution >= 4 is 86.2 Å². The van der Waals surface area contributed by atoms with Gasteiger partial charge in [0.2, 0.25) is 0 Å². The molecule has 12 N–H and O–H groups in total. The SMILES string of the molecule is Oc1cc2c(cc1O)C(O)(c1ccc3c(ccc4c(-c5c(O)ccc6c5ccc5cc(C7(O)c8ccccc8-c8ccccc87)ccc56)c(O)ccc43)c1)c1cc(O)c(O)cc1C2(O)c1ccc2c(ccc3c(-c4c(O)ccc5c4ccc4cc(C6(O)c7ccccc7-c7ccccc76)ccc45)c(O)ccc32)c1. The Morgan fingerprint density at radius 2 is 0.352 bits per heavy atom. The monoisotopic (exact) mass is 1400 g/mol. The minimum Gasteiger partial charge on any atom is -0.507 e. The number of aliphatic hydroxyl groups is 4. The highest BCUT2D eigenvalue weighted by molar-refractivity contribution is 6.22. The van der Waals surface area contributed by atoms with Crippen LogP contribution in [0.4, 0.5) is 0 Å². The minimum absolute atomic E-state index is 0.0602. The molecule has 0 amide bonds. The van der Waals surface area contributed by atoms with E-state index in [2.05, 4.69) is 0 Å². The van der Waals surface area contributed by atoms with Crippen LogP contribution in [0.2, 0.25) is 0 Å². The molecular weight excluding hydrogens is 1350 g/mol. The van der Waals surface area contributed by atoms with Crippen molar-refractivity contribution in [2.24, 2.45) is 0 Å². The molecule has 0 bridgehead atoms. The van der Waals surface area contributed by atoms with Crippen LogP contribution in [0.15, 0.2) is 291 Å². The van der Waals surface area contributed by atoms with Crippen LogP contribution < -0.4 is 0 Å². The fourth-order valence-electron chi connectivity index (χ4n) is 18.8. The molecule has 3 aliphatic carbocycles. The van der Waals surface area contributed by atoms with E-state index in [1.54, 1.807) is 72.8 Å². The molecule has 0 saturated heterocycles. The van der Waals surface area contributed by atoms with Crippen molar-refractivity contribution in [1.82, 2.24) is 0 Å². The number of phenols is 8. The van der Waals surface area contributed by atoms with Gasteiger partial charge in [-0.3, -0.25) is 0 Å². The Morgan fingerprint density at radius 1 is 0.157 bits per heavy atom. The van der Waals surface area contributed by atoms with Gasteiger partial charge in [0.05, 0.1) is 0 Å². The molecule has 0 fully saturated rings. The molecule has 18 aromatic carbocycles. The van der Waals surface area contributed by atoms with Crippen molar-refractivity contribution in [3.63, 3.8) is 0 Å². The van der Waals surface area contributed by atoms with Crippen molar-refractivity contribution in [2.75, 3.05) is 0 Å². The fraction of sp³-hybridized carbons (Fsp3) is 0.0417. The predicted octanol–water partition coefficient (Wildman–Crippen LogP) is 19.3. The van der Waals surface area contributed by atoms with E-state index in [9.17, 15) is 61.3 Å². The van der Waals surface area contributed by atoms with Crippen LogP contribution in [0.1, 0.15) is 66.8 Å². The second kappa shape index (κ2) is 21.9. The molecule has 3 aliphatic rings. The summed E-state index contributed by atoms with van der Waals surface area (Å²) in [6, 6.07) is 87.4. The summed E-state index contributed by atoms with van der Waals surface area (Å²) in [5, 5.41) is 159. The second-order valence-electron chi connectivity index (χ2n) is 29.0. The number of aromatic hydroxyl groups is 8. The first-order valence-corrected chi connectivity index (χ1v) is 35.5. The maximum Gasteiger partial charge on any atom is 0.157 e. The van der Waals surface area contributed by atoms with Crippen LogP contribution in [-0.2, 0) is 22.4 Å². The molecule has 0 radical (unpaired) electrons. The van der Waals surface area contributed by atoms with Crippen LogP contribution in [0.5, 0.6) is 46.0 Å². The third-order valence-corrected chi connectivity index (χ3v) is 23.8. The molecule has 12 heteroatoms. The first-order valence-electron chi connectivity index (χ1n) is 35.5. The van der Waals surface area contributed by atoms with Gasteiger partial charge in [-0.25, -0.2) is 0 Å². The van der Waals surface area contributed by atoms with Crippen LogP contribution in [-0.4, -0.2) is 61.3 Å². The van der Waals surface area contributed by atoms with Gasteiger partial charge in [0.15, 0.2) is 23.0 Å². The average molecular weight is 1410 g/mol. The Morgan fingerprint density at radius 3 is 0.583 bits per heavy atom. The summed E-state index contributed by atoms with van der Waals surface area (Å²) in [6.45, 7) is 0. The maximum absolute atomic E-state index is 13.9. The molecule has 0 saturated carbocycles. The molecule has 18 aromatic rings. The number of hydrogen-bond donors (Lipinski definition) is 12. The van der Waals surface area contributed by atoms with Gasteiger partial charge in [0.25, 0.3) is 0 Å². The summed E-state index contributed by atoms with van der Waals surface area (Å²) in [7, 11) is 0. The lowest BCUT2D eigenvalue weighted by atomic mass is 9.63. The smallest absolute Gasteiger partial charge is 0.157 e. The molecule has 0 aliphatic heterocycles. The summed E-state index contributed by atoms with van der Waals surface area (Å²) in [4.78, 5) is 0. The zero-order valence-electron chi connectivity index (χ0n) is 57.1. The van der Waals surface area contributed by atoms with Crippen molar-refractivity contribution in [2.45, 2.75) is 22.4 Å². The van der Waals surface area contributed by atoms with E-state index >= 15 is 0 Å². The Hall–Kier alpha value is -13.7. The number of benzene rings is 18. The quantitative estimate of drug-likeness (QED) is 0.0550. The first kappa shape index (κ1) is 62.8.